The number of nitrogens with zero attached hydrogens (tertiary/aromatic N) is 1. The molecule has 2 aromatic carbocycles. The zero-order valence-corrected chi connectivity index (χ0v) is 24.0. The molecule has 4 atom stereocenters. The van der Waals surface area contributed by atoms with Crippen LogP contribution >= 0.6 is 15.9 Å². The van der Waals surface area contributed by atoms with E-state index in [4.69, 9.17) is 4.74 Å². The lowest BCUT2D eigenvalue weighted by Crippen LogP contribution is -2.42. The number of imide groups is 1. The highest BCUT2D eigenvalue weighted by Crippen LogP contribution is 2.50. The van der Waals surface area contributed by atoms with Gasteiger partial charge in [0.1, 0.15) is 5.75 Å². The fourth-order valence-corrected chi connectivity index (χ4v) is 7.80. The lowest BCUT2D eigenvalue weighted by molar-refractivity contribution is -0.143. The van der Waals surface area contributed by atoms with Crippen LogP contribution in [0, 0.1) is 17.8 Å². The monoisotopic (exact) mass is 589 g/mol. The molecule has 6 heteroatoms. The van der Waals surface area contributed by atoms with Crippen molar-refractivity contribution >= 4 is 39.4 Å². The van der Waals surface area contributed by atoms with Gasteiger partial charge in [-0.25, -0.2) is 0 Å². The summed E-state index contributed by atoms with van der Waals surface area (Å²) in [5.41, 5.74) is 5.48. The summed E-state index contributed by atoms with van der Waals surface area (Å²) in [5.74, 6) is -0.154. The maximum Gasteiger partial charge on any atom is 0.234 e. The molecular weight excluding hydrogens is 554 g/mol. The highest BCUT2D eigenvalue weighted by molar-refractivity contribution is 9.10. The second kappa shape index (κ2) is 11.1. The van der Waals surface area contributed by atoms with Crippen molar-refractivity contribution in [1.82, 2.24) is 4.90 Å². The van der Waals surface area contributed by atoms with Gasteiger partial charge in [-0.3, -0.25) is 14.5 Å². The number of amides is 2. The Hall–Kier alpha value is -2.70. The van der Waals surface area contributed by atoms with Crippen LogP contribution in [-0.2, 0) is 14.3 Å². The minimum atomic E-state index is -0.272. The van der Waals surface area contributed by atoms with Gasteiger partial charge in [-0.05, 0) is 80.0 Å². The topological polar surface area (TPSA) is 66.8 Å². The summed E-state index contributed by atoms with van der Waals surface area (Å²) in [6.45, 7) is 2.64. The molecule has 2 saturated heterocycles. The van der Waals surface area contributed by atoms with Crippen LogP contribution in [0.25, 0.3) is 11.6 Å². The molecule has 1 N–H and O–H groups in total. The van der Waals surface area contributed by atoms with E-state index < -0.39 is 0 Å². The molecule has 0 aromatic heterocycles. The third-order valence-corrected chi connectivity index (χ3v) is 9.76. The first-order chi connectivity index (χ1) is 18.9. The first-order valence-corrected chi connectivity index (χ1v) is 15.1. The number of rotatable bonds is 6. The summed E-state index contributed by atoms with van der Waals surface area (Å²) in [6, 6.07) is 15.8. The van der Waals surface area contributed by atoms with E-state index in [1.807, 2.05) is 30.3 Å². The van der Waals surface area contributed by atoms with E-state index in [9.17, 15) is 14.7 Å². The summed E-state index contributed by atoms with van der Waals surface area (Å²) >= 11 is 3.52. The van der Waals surface area contributed by atoms with Crippen LogP contribution in [-0.4, -0.2) is 40.6 Å². The van der Waals surface area contributed by atoms with Crippen molar-refractivity contribution in [2.75, 3.05) is 6.61 Å². The van der Waals surface area contributed by atoms with Crippen LogP contribution in [0.15, 0.2) is 64.1 Å². The maximum absolute atomic E-state index is 13.7. The van der Waals surface area contributed by atoms with Gasteiger partial charge >= 0.3 is 0 Å². The molecule has 2 amide bonds. The van der Waals surface area contributed by atoms with Gasteiger partial charge < -0.3 is 9.84 Å². The fraction of sp³-hybridized carbons (Fsp3) is 0.455. The highest BCUT2D eigenvalue weighted by atomic mass is 79.9. The minimum Gasteiger partial charge on any atom is -0.507 e. The summed E-state index contributed by atoms with van der Waals surface area (Å²) in [5, 5.41) is 10.5. The third kappa shape index (κ3) is 5.02. The number of hydrogen-bond donors (Lipinski definition) is 1. The van der Waals surface area contributed by atoms with Gasteiger partial charge in [0, 0.05) is 22.0 Å². The summed E-state index contributed by atoms with van der Waals surface area (Å²) in [4.78, 5) is 28.8. The van der Waals surface area contributed by atoms with Crippen molar-refractivity contribution < 1.29 is 19.4 Å². The average molecular weight is 591 g/mol. The number of halogens is 1. The van der Waals surface area contributed by atoms with Gasteiger partial charge in [-0.1, -0.05) is 71.1 Å². The number of phenols is 1. The number of hydrogen-bond acceptors (Lipinski definition) is 4. The number of allylic oxidation sites excluding steroid dienone is 2. The van der Waals surface area contributed by atoms with E-state index in [-0.39, 0.29) is 47.5 Å². The average Bonchev–Trinajstić information content (AvgIpc) is 3.48. The van der Waals surface area contributed by atoms with Crippen molar-refractivity contribution in [3.05, 3.63) is 75.3 Å². The predicted octanol–water partition coefficient (Wildman–Crippen LogP) is 7.14. The Morgan fingerprint density at radius 2 is 1.82 bits per heavy atom. The van der Waals surface area contributed by atoms with E-state index >= 15 is 0 Å². The molecule has 0 radical (unpaired) electrons. The van der Waals surface area contributed by atoms with E-state index in [0.717, 1.165) is 59.7 Å². The van der Waals surface area contributed by atoms with Crippen LogP contribution in [0.5, 0.6) is 5.75 Å². The van der Waals surface area contributed by atoms with E-state index in [0.29, 0.717) is 13.0 Å². The predicted molar refractivity (Wildman–Crippen MR) is 156 cm³/mol. The fourth-order valence-electron chi connectivity index (χ4n) is 7.42. The van der Waals surface area contributed by atoms with E-state index in [2.05, 4.69) is 41.1 Å². The Kier molecular flexibility index (Phi) is 7.52. The summed E-state index contributed by atoms with van der Waals surface area (Å²) < 4.78 is 7.31. The Morgan fingerprint density at radius 3 is 2.59 bits per heavy atom. The molecule has 2 heterocycles. The molecule has 4 aliphatic rings. The normalized spacial score (nSPS) is 27.7. The van der Waals surface area contributed by atoms with Crippen LogP contribution in [0.4, 0.5) is 0 Å². The quantitative estimate of drug-likeness (QED) is 0.221. The molecule has 1 saturated carbocycles. The van der Waals surface area contributed by atoms with Gasteiger partial charge in [-0.2, -0.15) is 0 Å². The van der Waals surface area contributed by atoms with Crippen LogP contribution in [0.1, 0.15) is 69.4 Å². The van der Waals surface area contributed by atoms with Gasteiger partial charge in [0.05, 0.1) is 24.5 Å². The first kappa shape index (κ1) is 26.5. The number of likely N-dealkylation sites (tertiary alicyclic amines) is 1. The van der Waals surface area contributed by atoms with E-state index in [1.54, 1.807) is 11.0 Å². The lowest BCUT2D eigenvalue weighted by atomic mass is 9.70. The summed E-state index contributed by atoms with van der Waals surface area (Å²) in [6.07, 6.45) is 9.49. The molecule has 3 fully saturated rings. The number of phenolic OH excluding ortho intramolecular Hbond substituents is 1. The number of ether oxygens (including phenoxy) is 1. The number of fused-ring (bicyclic) bond motifs is 3. The number of aromatic hydroxyl groups is 1. The molecule has 0 unspecified atom stereocenters. The molecule has 2 aliphatic heterocycles. The zero-order chi connectivity index (χ0) is 27.1. The third-order valence-electron chi connectivity index (χ3n) is 9.27. The Morgan fingerprint density at radius 1 is 1.05 bits per heavy atom. The van der Waals surface area contributed by atoms with E-state index in [1.165, 1.54) is 17.6 Å². The number of benzene rings is 2. The molecule has 5 nitrogen and oxygen atoms in total. The lowest BCUT2D eigenvalue weighted by Gasteiger charge is -2.31. The van der Waals surface area contributed by atoms with Crippen molar-refractivity contribution in [3.8, 4) is 5.75 Å². The maximum atomic E-state index is 13.7. The SMILES string of the molecule is CC1=C2[C@@H](CC/C(=C/c3cc(Br)ccc3O)c3ccccc3)OC[C@@H]2[C@@H]2C(=O)N(C3CCCCC3)C(=O)[C@@H]2C1. The molecule has 2 aliphatic carbocycles. The molecule has 2 aromatic rings. The van der Waals surface area contributed by atoms with Gasteiger partial charge in [0.15, 0.2) is 0 Å². The summed E-state index contributed by atoms with van der Waals surface area (Å²) in [7, 11) is 0. The Labute approximate surface area is 239 Å². The van der Waals surface area contributed by atoms with Crippen LogP contribution in [0.3, 0.4) is 0 Å². The largest absolute Gasteiger partial charge is 0.507 e. The minimum absolute atomic E-state index is 0.00271. The second-order valence-corrected chi connectivity index (χ2v) is 12.5. The van der Waals surface area contributed by atoms with Gasteiger partial charge in [-0.15, -0.1) is 0 Å². The smallest absolute Gasteiger partial charge is 0.234 e. The van der Waals surface area contributed by atoms with Crippen molar-refractivity contribution in [2.45, 2.75) is 70.4 Å². The molecule has 0 bridgehead atoms. The van der Waals surface area contributed by atoms with Gasteiger partial charge in [0.25, 0.3) is 0 Å². The van der Waals surface area contributed by atoms with Crippen molar-refractivity contribution in [2.24, 2.45) is 17.8 Å². The van der Waals surface area contributed by atoms with Crippen LogP contribution in [0.2, 0.25) is 0 Å². The van der Waals surface area contributed by atoms with Crippen molar-refractivity contribution in [3.63, 3.8) is 0 Å². The Bertz CT molecular complexity index is 1330. The standard InChI is InChI=1S/C33H36BrNO4/c1-20-16-26-31(33(38)35(32(26)37)25-10-6-3-7-11-25)27-19-39-29(30(20)27)15-12-22(21-8-4-2-5-9-21)17-23-18-24(34)13-14-28(23)36/h2,4-5,8-9,13-14,17-18,25-27,29,31,36H,3,6-7,10-12,15-16,19H2,1H3/b22-17-/t26-,27+,29-,31-/m1/s1. The number of carbonyl (C=O) groups excluding carboxylic acids is 2. The molecule has 204 valence electrons. The molecule has 39 heavy (non-hydrogen) atoms. The molecule has 6 rings (SSSR count). The van der Waals surface area contributed by atoms with Gasteiger partial charge in [0.2, 0.25) is 11.8 Å². The highest BCUT2D eigenvalue weighted by Gasteiger charge is 2.57. The zero-order valence-electron chi connectivity index (χ0n) is 22.4. The molecule has 0 spiro atoms. The second-order valence-electron chi connectivity index (χ2n) is 11.6. The van der Waals surface area contributed by atoms with Crippen LogP contribution < -0.4 is 0 Å². The Balaban J connectivity index is 1.23. The van der Waals surface area contributed by atoms with Crippen molar-refractivity contribution in [1.29, 1.82) is 0 Å². The first-order valence-electron chi connectivity index (χ1n) is 14.3. The molecular formula is C33H36BrNO4. The number of carbonyl (C=O) groups is 2.